The molecule has 1 unspecified atom stereocenters. The minimum Gasteiger partial charge on any atom is -0.325 e. The number of hydrogen-bond acceptors (Lipinski definition) is 3. The van der Waals surface area contributed by atoms with Crippen molar-refractivity contribution in [2.45, 2.75) is 19.3 Å². The van der Waals surface area contributed by atoms with Gasteiger partial charge in [0.05, 0.1) is 23.0 Å². The number of carbonyl (C=O) groups is 2. The Hall–Kier alpha value is -1.59. The highest BCUT2D eigenvalue weighted by Gasteiger charge is 2.23. The van der Waals surface area contributed by atoms with Crippen LogP contribution in [-0.2, 0) is 16.0 Å². The second-order valence-electron chi connectivity index (χ2n) is 5.25. The van der Waals surface area contributed by atoms with Crippen LogP contribution in [0, 0.1) is 5.92 Å². The van der Waals surface area contributed by atoms with Crippen molar-refractivity contribution >= 4 is 34.8 Å². The molecule has 3 N–H and O–H groups in total. The smallest absolute Gasteiger partial charge is 0.228 e. The topological polar surface area (TPSA) is 70.2 Å². The molecule has 1 aromatic rings. The van der Waals surface area contributed by atoms with Crippen LogP contribution in [0.5, 0.6) is 0 Å². The molecule has 1 atom stereocenters. The molecule has 0 aliphatic carbocycles. The molecule has 0 aromatic heterocycles. The largest absolute Gasteiger partial charge is 0.325 e. The van der Waals surface area contributed by atoms with Gasteiger partial charge in [-0.15, -0.1) is 0 Å². The van der Waals surface area contributed by atoms with Gasteiger partial charge in [0.2, 0.25) is 11.8 Å². The summed E-state index contributed by atoms with van der Waals surface area (Å²) < 4.78 is 0. The van der Waals surface area contributed by atoms with Gasteiger partial charge in [-0.1, -0.05) is 11.6 Å². The number of amides is 2. The lowest BCUT2D eigenvalue weighted by atomic mass is 9.98. The van der Waals surface area contributed by atoms with Crippen molar-refractivity contribution in [3.8, 4) is 0 Å². The van der Waals surface area contributed by atoms with E-state index in [9.17, 15) is 9.59 Å². The molecule has 2 heterocycles. The Bertz CT molecular complexity index is 568. The maximum absolute atomic E-state index is 12.2. The number of rotatable bonds is 2. The van der Waals surface area contributed by atoms with Crippen molar-refractivity contribution in [2.24, 2.45) is 5.92 Å². The zero-order valence-electron chi connectivity index (χ0n) is 11.0. The molecule has 2 aliphatic rings. The van der Waals surface area contributed by atoms with Crippen LogP contribution in [0.15, 0.2) is 12.1 Å². The predicted octanol–water partition coefficient (Wildman–Crippen LogP) is 1.77. The van der Waals surface area contributed by atoms with Gasteiger partial charge in [-0.3, -0.25) is 9.59 Å². The summed E-state index contributed by atoms with van der Waals surface area (Å²) >= 11 is 6.16. The van der Waals surface area contributed by atoms with Crippen LogP contribution in [0.2, 0.25) is 5.02 Å². The summed E-state index contributed by atoms with van der Waals surface area (Å²) in [6, 6.07) is 3.47. The number of benzene rings is 1. The van der Waals surface area contributed by atoms with Crippen molar-refractivity contribution in [3.63, 3.8) is 0 Å². The van der Waals surface area contributed by atoms with Gasteiger partial charge in [0.1, 0.15) is 0 Å². The van der Waals surface area contributed by atoms with Crippen molar-refractivity contribution in [2.75, 3.05) is 23.7 Å². The maximum Gasteiger partial charge on any atom is 0.228 e. The van der Waals surface area contributed by atoms with E-state index in [2.05, 4.69) is 16.0 Å². The summed E-state index contributed by atoms with van der Waals surface area (Å²) in [7, 11) is 0. The first-order chi connectivity index (χ1) is 9.63. The highest BCUT2D eigenvalue weighted by atomic mass is 35.5. The first kappa shape index (κ1) is 13.4. The first-order valence-corrected chi connectivity index (χ1v) is 7.15. The van der Waals surface area contributed by atoms with Gasteiger partial charge < -0.3 is 16.0 Å². The van der Waals surface area contributed by atoms with Gasteiger partial charge in [-0.25, -0.2) is 0 Å². The van der Waals surface area contributed by atoms with E-state index in [4.69, 9.17) is 11.6 Å². The molecule has 20 heavy (non-hydrogen) atoms. The summed E-state index contributed by atoms with van der Waals surface area (Å²) in [5.41, 5.74) is 2.19. The molecular weight excluding hydrogens is 278 g/mol. The second kappa shape index (κ2) is 5.42. The lowest BCUT2D eigenvalue weighted by molar-refractivity contribution is -0.120. The van der Waals surface area contributed by atoms with Crippen molar-refractivity contribution in [1.29, 1.82) is 0 Å². The van der Waals surface area contributed by atoms with Crippen LogP contribution in [0.1, 0.15) is 18.4 Å². The molecule has 0 bridgehead atoms. The highest BCUT2D eigenvalue weighted by molar-refractivity contribution is 6.34. The average Bonchev–Trinajstić information content (AvgIpc) is 2.79. The number of piperidine rings is 1. The highest BCUT2D eigenvalue weighted by Crippen LogP contribution is 2.33. The van der Waals surface area contributed by atoms with E-state index < -0.39 is 0 Å². The van der Waals surface area contributed by atoms with E-state index in [0.29, 0.717) is 23.7 Å². The number of halogens is 1. The zero-order chi connectivity index (χ0) is 14.1. The van der Waals surface area contributed by atoms with Crippen LogP contribution in [0.25, 0.3) is 0 Å². The fourth-order valence-electron chi connectivity index (χ4n) is 2.65. The fourth-order valence-corrected chi connectivity index (χ4v) is 2.87. The Labute approximate surface area is 122 Å². The molecule has 2 amide bonds. The monoisotopic (exact) mass is 293 g/mol. The SMILES string of the molecule is O=C1Cc2cc(NC(=O)C3CCCNC3)c(Cl)cc2N1. The molecule has 6 heteroatoms. The van der Waals surface area contributed by atoms with Gasteiger partial charge in [-0.05, 0) is 37.1 Å². The number of anilines is 2. The average molecular weight is 294 g/mol. The molecule has 106 valence electrons. The van der Waals surface area contributed by atoms with Crippen molar-refractivity contribution in [3.05, 3.63) is 22.7 Å². The third-order valence-corrected chi connectivity index (χ3v) is 4.06. The molecule has 0 saturated carbocycles. The summed E-state index contributed by atoms with van der Waals surface area (Å²) in [4.78, 5) is 23.5. The molecule has 0 radical (unpaired) electrons. The minimum absolute atomic E-state index is 0.0173. The Kier molecular flexibility index (Phi) is 3.63. The summed E-state index contributed by atoms with van der Waals surface area (Å²) in [5.74, 6) is -0.0832. The fraction of sp³-hybridized carbons (Fsp3) is 0.429. The standard InChI is InChI=1S/C14H16ClN3O2/c15-10-6-11-9(5-13(19)17-11)4-12(10)18-14(20)8-2-1-3-16-7-8/h4,6,8,16H,1-3,5,7H2,(H,17,19)(H,18,20). The van der Waals surface area contributed by atoms with Crippen LogP contribution >= 0.6 is 11.6 Å². The molecule has 0 spiro atoms. The number of fused-ring (bicyclic) bond motifs is 1. The summed E-state index contributed by atoms with van der Waals surface area (Å²) in [6.45, 7) is 1.67. The minimum atomic E-state index is -0.0453. The second-order valence-corrected chi connectivity index (χ2v) is 5.65. The van der Waals surface area contributed by atoms with Gasteiger partial charge in [0.15, 0.2) is 0 Å². The number of nitrogens with one attached hydrogen (secondary N) is 3. The molecule has 3 rings (SSSR count). The third-order valence-electron chi connectivity index (χ3n) is 3.74. The number of hydrogen-bond donors (Lipinski definition) is 3. The summed E-state index contributed by atoms with van der Waals surface area (Å²) in [6.07, 6.45) is 2.23. The van der Waals surface area contributed by atoms with E-state index in [1.165, 1.54) is 0 Å². The van der Waals surface area contributed by atoms with E-state index in [1.807, 2.05) is 0 Å². The van der Waals surface area contributed by atoms with Gasteiger partial charge >= 0.3 is 0 Å². The Balaban J connectivity index is 1.76. The predicted molar refractivity (Wildman–Crippen MR) is 78.0 cm³/mol. The molecule has 2 aliphatic heterocycles. The van der Waals surface area contributed by atoms with Crippen LogP contribution in [0.4, 0.5) is 11.4 Å². The lowest BCUT2D eigenvalue weighted by Gasteiger charge is -2.22. The van der Waals surface area contributed by atoms with E-state index in [-0.39, 0.29) is 17.7 Å². The molecule has 1 saturated heterocycles. The van der Waals surface area contributed by atoms with Crippen molar-refractivity contribution in [1.82, 2.24) is 5.32 Å². The lowest BCUT2D eigenvalue weighted by Crippen LogP contribution is -2.37. The van der Waals surface area contributed by atoms with Gasteiger partial charge in [-0.2, -0.15) is 0 Å². The molecule has 5 nitrogen and oxygen atoms in total. The summed E-state index contributed by atoms with van der Waals surface area (Å²) in [5, 5.41) is 9.27. The Morgan fingerprint density at radius 1 is 1.40 bits per heavy atom. The Morgan fingerprint density at radius 3 is 3.00 bits per heavy atom. The van der Waals surface area contributed by atoms with E-state index >= 15 is 0 Å². The van der Waals surface area contributed by atoms with Gasteiger partial charge in [0.25, 0.3) is 0 Å². The van der Waals surface area contributed by atoms with Crippen LogP contribution < -0.4 is 16.0 Å². The third kappa shape index (κ3) is 2.64. The van der Waals surface area contributed by atoms with Crippen LogP contribution in [-0.4, -0.2) is 24.9 Å². The molecular formula is C14H16ClN3O2. The number of carbonyl (C=O) groups excluding carboxylic acids is 2. The zero-order valence-corrected chi connectivity index (χ0v) is 11.7. The van der Waals surface area contributed by atoms with Crippen LogP contribution in [0.3, 0.4) is 0 Å². The quantitative estimate of drug-likeness (QED) is 0.778. The molecule has 1 fully saturated rings. The van der Waals surface area contributed by atoms with E-state index in [0.717, 1.165) is 30.6 Å². The Morgan fingerprint density at radius 2 is 2.25 bits per heavy atom. The van der Waals surface area contributed by atoms with E-state index in [1.54, 1.807) is 12.1 Å². The molecule has 1 aromatic carbocycles. The first-order valence-electron chi connectivity index (χ1n) is 6.77. The normalized spacial score (nSPS) is 21.2. The van der Waals surface area contributed by atoms with Gasteiger partial charge in [0, 0.05) is 12.2 Å². The maximum atomic E-state index is 12.2. The van der Waals surface area contributed by atoms with Crippen molar-refractivity contribution < 1.29 is 9.59 Å².